The van der Waals surface area contributed by atoms with Crippen LogP contribution < -0.4 is 20.5 Å². The summed E-state index contributed by atoms with van der Waals surface area (Å²) in [6.07, 6.45) is 2.11. The van der Waals surface area contributed by atoms with Crippen LogP contribution in [0.3, 0.4) is 0 Å². The number of aromatic nitrogens is 2. The second-order valence-corrected chi connectivity index (χ2v) is 6.61. The third kappa shape index (κ3) is 3.38. The molecule has 4 rings (SSSR count). The van der Waals surface area contributed by atoms with Crippen LogP contribution in [0.25, 0.3) is 10.9 Å². The molecular weight excluding hydrogens is 363 g/mol. The maximum Gasteiger partial charge on any atom is 0.146 e. The number of nitrogens with one attached hydrogen (secondary N) is 1. The molecule has 2 aromatic carbocycles. The monoisotopic (exact) mass is 384 g/mol. The molecule has 1 aliphatic rings. The van der Waals surface area contributed by atoms with Gasteiger partial charge in [-0.1, -0.05) is 0 Å². The number of nitrogen functional groups attached to an aromatic ring is 1. The molecule has 8 heteroatoms. The van der Waals surface area contributed by atoms with Crippen LogP contribution in [0.15, 0.2) is 30.6 Å². The lowest BCUT2D eigenvalue weighted by atomic mass is 10.1. The number of anilines is 3. The molecule has 0 radical (unpaired) electrons. The van der Waals surface area contributed by atoms with Crippen molar-refractivity contribution < 1.29 is 18.6 Å². The first-order valence-corrected chi connectivity index (χ1v) is 8.95. The molecule has 1 unspecified atom stereocenters. The highest BCUT2D eigenvalue weighted by atomic mass is 19.1. The predicted molar refractivity (Wildman–Crippen MR) is 105 cm³/mol. The summed E-state index contributed by atoms with van der Waals surface area (Å²) in [5.41, 5.74) is 8.65. The lowest BCUT2D eigenvalue weighted by molar-refractivity contribution is 0.141. The number of fused-ring (bicyclic) bond motifs is 1. The zero-order valence-electron chi connectivity index (χ0n) is 15.7. The van der Waals surface area contributed by atoms with Crippen LogP contribution in [0.5, 0.6) is 11.5 Å². The van der Waals surface area contributed by atoms with Gasteiger partial charge >= 0.3 is 0 Å². The average Bonchev–Trinajstić information content (AvgIpc) is 3.17. The van der Waals surface area contributed by atoms with Crippen LogP contribution in [0.2, 0.25) is 0 Å². The van der Waals surface area contributed by atoms with Crippen LogP contribution in [-0.2, 0) is 4.74 Å². The van der Waals surface area contributed by atoms with E-state index in [1.54, 1.807) is 19.2 Å². The Morgan fingerprint density at radius 3 is 2.89 bits per heavy atom. The highest BCUT2D eigenvalue weighted by Crippen LogP contribution is 2.37. The number of benzene rings is 2. The Labute approximate surface area is 161 Å². The first kappa shape index (κ1) is 18.2. The van der Waals surface area contributed by atoms with Crippen molar-refractivity contribution in [3.8, 4) is 11.5 Å². The minimum absolute atomic E-state index is 0.105. The molecule has 1 aromatic heterocycles. The topological polar surface area (TPSA) is 91.5 Å². The van der Waals surface area contributed by atoms with Crippen molar-refractivity contribution >= 4 is 28.1 Å². The van der Waals surface area contributed by atoms with Crippen LogP contribution in [0, 0.1) is 12.7 Å². The normalized spacial score (nSPS) is 16.3. The van der Waals surface area contributed by atoms with Gasteiger partial charge in [-0.25, -0.2) is 14.4 Å². The van der Waals surface area contributed by atoms with Crippen molar-refractivity contribution in [2.45, 2.75) is 19.4 Å². The number of methoxy groups -OCH3 is 1. The molecule has 2 heterocycles. The number of rotatable bonds is 5. The predicted octanol–water partition coefficient (Wildman–Crippen LogP) is 3.58. The fourth-order valence-electron chi connectivity index (χ4n) is 3.40. The van der Waals surface area contributed by atoms with E-state index in [0.29, 0.717) is 47.4 Å². The van der Waals surface area contributed by atoms with Crippen LogP contribution >= 0.6 is 0 Å². The Balaban J connectivity index is 1.76. The Morgan fingerprint density at radius 1 is 1.29 bits per heavy atom. The van der Waals surface area contributed by atoms with Crippen molar-refractivity contribution in [2.24, 2.45) is 0 Å². The number of halogens is 1. The minimum Gasteiger partial charge on any atom is -0.494 e. The van der Waals surface area contributed by atoms with Crippen molar-refractivity contribution in [3.05, 3.63) is 42.0 Å². The van der Waals surface area contributed by atoms with Gasteiger partial charge < -0.3 is 25.3 Å². The third-order valence-corrected chi connectivity index (χ3v) is 4.73. The van der Waals surface area contributed by atoms with Gasteiger partial charge in [0.1, 0.15) is 35.6 Å². The van der Waals surface area contributed by atoms with E-state index >= 15 is 0 Å². The Bertz CT molecular complexity index is 1020. The van der Waals surface area contributed by atoms with Gasteiger partial charge in [0.2, 0.25) is 0 Å². The Kier molecular flexibility index (Phi) is 4.87. The van der Waals surface area contributed by atoms with Gasteiger partial charge in [0.25, 0.3) is 0 Å². The summed E-state index contributed by atoms with van der Waals surface area (Å²) in [5, 5.41) is 4.02. The van der Waals surface area contributed by atoms with Gasteiger partial charge in [0.05, 0.1) is 37.2 Å². The van der Waals surface area contributed by atoms with E-state index in [0.717, 1.165) is 17.4 Å². The highest BCUT2D eigenvalue weighted by molar-refractivity contribution is 5.97. The molecule has 28 heavy (non-hydrogen) atoms. The first-order valence-electron chi connectivity index (χ1n) is 8.95. The summed E-state index contributed by atoms with van der Waals surface area (Å²) in [6.45, 7) is 3.02. The summed E-state index contributed by atoms with van der Waals surface area (Å²) in [5.74, 6) is 1.16. The van der Waals surface area contributed by atoms with Gasteiger partial charge in [-0.3, -0.25) is 0 Å². The maximum atomic E-state index is 13.8. The van der Waals surface area contributed by atoms with E-state index in [2.05, 4.69) is 15.3 Å². The van der Waals surface area contributed by atoms with Gasteiger partial charge in [0.15, 0.2) is 0 Å². The maximum absolute atomic E-state index is 13.8. The molecule has 146 valence electrons. The number of ether oxygens (including phenoxy) is 3. The molecule has 3 N–H and O–H groups in total. The minimum atomic E-state index is -0.377. The Hall–Kier alpha value is -3.13. The summed E-state index contributed by atoms with van der Waals surface area (Å²) in [4.78, 5) is 8.68. The fourth-order valence-corrected chi connectivity index (χ4v) is 3.40. The van der Waals surface area contributed by atoms with Crippen molar-refractivity contribution in [1.82, 2.24) is 9.97 Å². The molecule has 1 saturated heterocycles. The lowest BCUT2D eigenvalue weighted by Crippen LogP contribution is -2.16. The first-order chi connectivity index (χ1) is 13.6. The summed E-state index contributed by atoms with van der Waals surface area (Å²) >= 11 is 0. The quantitative estimate of drug-likeness (QED) is 0.650. The molecule has 0 spiro atoms. The van der Waals surface area contributed by atoms with E-state index in [-0.39, 0.29) is 11.9 Å². The second kappa shape index (κ2) is 7.47. The standard InChI is InChI=1S/C20H21FN4O3/c1-11-18-16(8-14(22)19(11)26-2)23-10-24-20(18)25-15-4-3-12(21)7-17(15)28-13-5-6-27-9-13/h3-4,7-8,10,13H,5-6,9,22H2,1-2H3,(H,23,24,25). The third-order valence-electron chi connectivity index (χ3n) is 4.73. The number of nitrogens with two attached hydrogens (primary N) is 1. The summed E-state index contributed by atoms with van der Waals surface area (Å²) < 4.78 is 30.5. The molecule has 1 aliphatic heterocycles. The van der Waals surface area contributed by atoms with Crippen LogP contribution in [-0.4, -0.2) is 36.4 Å². The number of aryl methyl sites for hydroxylation is 1. The van der Waals surface area contributed by atoms with Gasteiger partial charge in [0, 0.05) is 23.4 Å². The smallest absolute Gasteiger partial charge is 0.146 e. The summed E-state index contributed by atoms with van der Waals surface area (Å²) in [6, 6.07) is 6.09. The largest absolute Gasteiger partial charge is 0.494 e. The van der Waals surface area contributed by atoms with E-state index in [1.807, 2.05) is 6.92 Å². The van der Waals surface area contributed by atoms with Gasteiger partial charge in [-0.15, -0.1) is 0 Å². The highest BCUT2D eigenvalue weighted by Gasteiger charge is 2.20. The fraction of sp³-hybridized carbons (Fsp3) is 0.300. The van der Waals surface area contributed by atoms with E-state index < -0.39 is 0 Å². The molecule has 0 amide bonds. The van der Waals surface area contributed by atoms with E-state index in [1.165, 1.54) is 18.5 Å². The van der Waals surface area contributed by atoms with E-state index in [4.69, 9.17) is 19.9 Å². The molecule has 1 atom stereocenters. The zero-order valence-corrected chi connectivity index (χ0v) is 15.7. The van der Waals surface area contributed by atoms with Crippen molar-refractivity contribution in [1.29, 1.82) is 0 Å². The summed E-state index contributed by atoms with van der Waals surface area (Å²) in [7, 11) is 1.57. The molecule has 0 saturated carbocycles. The van der Waals surface area contributed by atoms with Crippen LogP contribution in [0.4, 0.5) is 21.6 Å². The second-order valence-electron chi connectivity index (χ2n) is 6.61. The SMILES string of the molecule is COc1c(N)cc2ncnc(Nc3ccc(F)cc3OC3CCOC3)c2c1C. The lowest BCUT2D eigenvalue weighted by Gasteiger charge is -2.18. The van der Waals surface area contributed by atoms with Gasteiger partial charge in [-0.2, -0.15) is 0 Å². The zero-order chi connectivity index (χ0) is 19.7. The number of hydrogen-bond donors (Lipinski definition) is 2. The van der Waals surface area contributed by atoms with E-state index in [9.17, 15) is 4.39 Å². The molecule has 1 fully saturated rings. The number of hydrogen-bond acceptors (Lipinski definition) is 7. The molecule has 3 aromatic rings. The molecular formula is C20H21FN4O3. The molecule has 0 aliphatic carbocycles. The van der Waals surface area contributed by atoms with Crippen molar-refractivity contribution in [2.75, 3.05) is 31.4 Å². The van der Waals surface area contributed by atoms with Crippen molar-refractivity contribution in [3.63, 3.8) is 0 Å². The van der Waals surface area contributed by atoms with Gasteiger partial charge in [-0.05, 0) is 25.1 Å². The average molecular weight is 384 g/mol. The van der Waals surface area contributed by atoms with Crippen LogP contribution in [0.1, 0.15) is 12.0 Å². The Morgan fingerprint density at radius 2 is 2.14 bits per heavy atom. The number of nitrogens with zero attached hydrogens (tertiary/aromatic N) is 2. The molecule has 7 nitrogen and oxygen atoms in total. The molecule has 0 bridgehead atoms.